The van der Waals surface area contributed by atoms with Crippen LogP contribution in [0.25, 0.3) is 11.1 Å². The maximum atomic E-state index is 6.12. The van der Waals surface area contributed by atoms with Gasteiger partial charge in [-0.1, -0.05) is 12.1 Å². The molecule has 0 N–H and O–H groups in total. The third kappa shape index (κ3) is 4.12. The number of methoxy groups -OCH3 is 2. The molecule has 4 rings (SSSR count). The zero-order valence-electron chi connectivity index (χ0n) is 18.1. The minimum atomic E-state index is 0.629. The Morgan fingerprint density at radius 2 is 1.83 bits per heavy atom. The highest BCUT2D eigenvalue weighted by Crippen LogP contribution is 2.38. The smallest absolute Gasteiger partial charge is 0.165 e. The van der Waals surface area contributed by atoms with Crippen molar-refractivity contribution in [3.8, 4) is 28.4 Å². The van der Waals surface area contributed by atoms with E-state index in [4.69, 9.17) is 14.2 Å². The van der Waals surface area contributed by atoms with Crippen LogP contribution in [0.5, 0.6) is 17.2 Å². The Morgan fingerprint density at radius 3 is 2.57 bits per heavy atom. The standard InChI is InChI=1S/C25H28N2O3/c1-17-11-23(28-3)18(2)10-21(17)15-27-8-9-30-25-22(16-27)12-20(13-24(25)29-4)19-6-5-7-26-14-19/h5-7,10-14H,8-9,15-16H2,1-4H3. The highest BCUT2D eigenvalue weighted by atomic mass is 16.5. The zero-order chi connectivity index (χ0) is 21.1. The molecule has 0 atom stereocenters. The summed E-state index contributed by atoms with van der Waals surface area (Å²) < 4.78 is 17.2. The van der Waals surface area contributed by atoms with Crippen molar-refractivity contribution in [1.29, 1.82) is 0 Å². The highest BCUT2D eigenvalue weighted by Gasteiger charge is 2.21. The summed E-state index contributed by atoms with van der Waals surface area (Å²) in [5, 5.41) is 0. The summed E-state index contributed by atoms with van der Waals surface area (Å²) in [7, 11) is 3.41. The van der Waals surface area contributed by atoms with Crippen molar-refractivity contribution in [3.63, 3.8) is 0 Å². The molecule has 0 spiro atoms. The number of rotatable bonds is 5. The van der Waals surface area contributed by atoms with Gasteiger partial charge in [-0.05, 0) is 60.4 Å². The van der Waals surface area contributed by atoms with Crippen molar-refractivity contribution in [3.05, 3.63) is 71.0 Å². The number of hydrogen-bond acceptors (Lipinski definition) is 5. The molecule has 0 radical (unpaired) electrons. The van der Waals surface area contributed by atoms with Crippen LogP contribution in [-0.2, 0) is 13.1 Å². The van der Waals surface area contributed by atoms with Crippen molar-refractivity contribution in [1.82, 2.24) is 9.88 Å². The van der Waals surface area contributed by atoms with Crippen molar-refractivity contribution in [2.24, 2.45) is 0 Å². The van der Waals surface area contributed by atoms with E-state index in [2.05, 4.69) is 48.0 Å². The molecule has 2 heterocycles. The quantitative estimate of drug-likeness (QED) is 0.612. The highest BCUT2D eigenvalue weighted by molar-refractivity contribution is 5.68. The zero-order valence-corrected chi connectivity index (χ0v) is 18.1. The van der Waals surface area contributed by atoms with Crippen molar-refractivity contribution in [2.45, 2.75) is 26.9 Å². The van der Waals surface area contributed by atoms with Crippen LogP contribution in [-0.4, -0.2) is 37.3 Å². The number of aromatic nitrogens is 1. The molecule has 30 heavy (non-hydrogen) atoms. The van der Waals surface area contributed by atoms with E-state index >= 15 is 0 Å². The number of nitrogens with zero attached hydrogens (tertiary/aromatic N) is 2. The number of benzene rings is 2. The molecular weight excluding hydrogens is 376 g/mol. The Labute approximate surface area is 178 Å². The van der Waals surface area contributed by atoms with E-state index in [1.54, 1.807) is 20.4 Å². The van der Waals surface area contributed by atoms with Crippen molar-refractivity contribution < 1.29 is 14.2 Å². The lowest BCUT2D eigenvalue weighted by Crippen LogP contribution is -2.25. The van der Waals surface area contributed by atoms with E-state index < -0.39 is 0 Å². The third-order valence-electron chi connectivity index (χ3n) is 5.64. The molecule has 156 valence electrons. The predicted molar refractivity (Wildman–Crippen MR) is 118 cm³/mol. The molecule has 1 aliphatic heterocycles. The van der Waals surface area contributed by atoms with Gasteiger partial charge in [0.1, 0.15) is 12.4 Å². The van der Waals surface area contributed by atoms with E-state index in [-0.39, 0.29) is 0 Å². The second-order valence-corrected chi connectivity index (χ2v) is 7.72. The van der Waals surface area contributed by atoms with Gasteiger partial charge in [0.05, 0.1) is 14.2 Å². The van der Waals surface area contributed by atoms with E-state index in [1.807, 2.05) is 18.3 Å². The van der Waals surface area contributed by atoms with Crippen LogP contribution in [0.15, 0.2) is 48.8 Å². The number of hydrogen-bond donors (Lipinski definition) is 0. The minimum Gasteiger partial charge on any atom is -0.496 e. The summed E-state index contributed by atoms with van der Waals surface area (Å²) in [6.45, 7) is 7.37. The molecule has 0 unspecified atom stereocenters. The van der Waals surface area contributed by atoms with Gasteiger partial charge in [-0.15, -0.1) is 0 Å². The van der Waals surface area contributed by atoms with E-state index in [1.165, 1.54) is 11.1 Å². The predicted octanol–water partition coefficient (Wildman–Crippen LogP) is 4.78. The molecule has 0 bridgehead atoms. The van der Waals surface area contributed by atoms with Crippen LogP contribution in [0.4, 0.5) is 0 Å². The number of ether oxygens (including phenoxy) is 3. The molecule has 5 heteroatoms. The Balaban J connectivity index is 1.65. The Kier molecular flexibility index (Phi) is 5.91. The minimum absolute atomic E-state index is 0.629. The Morgan fingerprint density at radius 1 is 1.00 bits per heavy atom. The van der Waals surface area contributed by atoms with Gasteiger partial charge in [0.2, 0.25) is 0 Å². The first-order valence-electron chi connectivity index (χ1n) is 10.2. The fraction of sp³-hybridized carbons (Fsp3) is 0.320. The summed E-state index contributed by atoms with van der Waals surface area (Å²) >= 11 is 0. The average molecular weight is 405 g/mol. The monoisotopic (exact) mass is 404 g/mol. The molecular formula is C25H28N2O3. The van der Waals surface area contributed by atoms with Crippen molar-refractivity contribution >= 4 is 0 Å². The lowest BCUT2D eigenvalue weighted by Gasteiger charge is -2.22. The molecule has 0 aliphatic carbocycles. The largest absolute Gasteiger partial charge is 0.496 e. The molecule has 3 aromatic rings. The van der Waals surface area contributed by atoms with E-state index in [9.17, 15) is 0 Å². The normalized spacial score (nSPS) is 13.9. The SMILES string of the molecule is COc1cc(C)c(CN2CCOc3c(cc(-c4cccnc4)cc3OC)C2)cc1C. The fourth-order valence-electron chi connectivity index (χ4n) is 4.01. The Bertz CT molecular complexity index is 1030. The molecule has 0 fully saturated rings. The molecule has 2 aromatic carbocycles. The van der Waals surface area contributed by atoms with Crippen LogP contribution in [0.1, 0.15) is 22.3 Å². The van der Waals surface area contributed by atoms with Gasteiger partial charge in [-0.2, -0.15) is 0 Å². The molecule has 0 saturated heterocycles. The average Bonchev–Trinajstić information content (AvgIpc) is 2.97. The summed E-state index contributed by atoms with van der Waals surface area (Å²) in [6.07, 6.45) is 3.66. The lowest BCUT2D eigenvalue weighted by atomic mass is 10.0. The topological polar surface area (TPSA) is 43.8 Å². The van der Waals surface area contributed by atoms with Gasteiger partial charge in [0.25, 0.3) is 0 Å². The molecule has 1 aromatic heterocycles. The summed E-state index contributed by atoms with van der Waals surface area (Å²) in [5.74, 6) is 2.55. The van der Waals surface area contributed by atoms with Crippen LogP contribution >= 0.6 is 0 Å². The van der Waals surface area contributed by atoms with Crippen molar-refractivity contribution in [2.75, 3.05) is 27.4 Å². The van der Waals surface area contributed by atoms with Gasteiger partial charge >= 0.3 is 0 Å². The summed E-state index contributed by atoms with van der Waals surface area (Å²) in [5.41, 5.74) is 6.99. The molecule has 0 amide bonds. The fourth-order valence-corrected chi connectivity index (χ4v) is 4.01. The second-order valence-electron chi connectivity index (χ2n) is 7.72. The van der Waals surface area contributed by atoms with Gasteiger partial charge in [-0.3, -0.25) is 9.88 Å². The summed E-state index contributed by atoms with van der Waals surface area (Å²) in [4.78, 5) is 6.68. The van der Waals surface area contributed by atoms with Crippen LogP contribution in [0.3, 0.4) is 0 Å². The number of pyridine rings is 1. The van der Waals surface area contributed by atoms with Gasteiger partial charge in [0, 0.05) is 43.2 Å². The maximum Gasteiger partial charge on any atom is 0.165 e. The van der Waals surface area contributed by atoms with Crippen LogP contribution < -0.4 is 14.2 Å². The first-order chi connectivity index (χ1) is 14.6. The van der Waals surface area contributed by atoms with Crippen LogP contribution in [0, 0.1) is 13.8 Å². The third-order valence-corrected chi connectivity index (χ3v) is 5.64. The lowest BCUT2D eigenvalue weighted by molar-refractivity contribution is 0.216. The van der Waals surface area contributed by atoms with Gasteiger partial charge < -0.3 is 14.2 Å². The second kappa shape index (κ2) is 8.76. The summed E-state index contributed by atoms with van der Waals surface area (Å²) in [6, 6.07) is 12.6. The number of fused-ring (bicyclic) bond motifs is 1. The first-order valence-corrected chi connectivity index (χ1v) is 10.2. The molecule has 0 saturated carbocycles. The van der Waals surface area contributed by atoms with E-state index in [0.29, 0.717) is 6.61 Å². The first kappa shape index (κ1) is 20.2. The molecule has 1 aliphatic rings. The molecule has 5 nitrogen and oxygen atoms in total. The Hall–Kier alpha value is -3.05. The van der Waals surface area contributed by atoms with Crippen LogP contribution in [0.2, 0.25) is 0 Å². The maximum absolute atomic E-state index is 6.12. The number of aryl methyl sites for hydroxylation is 2. The van der Waals surface area contributed by atoms with Gasteiger partial charge in [-0.25, -0.2) is 0 Å². The van der Waals surface area contributed by atoms with Gasteiger partial charge in [0.15, 0.2) is 11.5 Å². The van der Waals surface area contributed by atoms with E-state index in [0.717, 1.165) is 59.1 Å².